The van der Waals surface area contributed by atoms with Crippen LogP contribution >= 0.6 is 0 Å². The summed E-state index contributed by atoms with van der Waals surface area (Å²) in [6.07, 6.45) is 3.13. The summed E-state index contributed by atoms with van der Waals surface area (Å²) in [7, 11) is 0. The Morgan fingerprint density at radius 3 is 2.75 bits per heavy atom. The third-order valence-corrected chi connectivity index (χ3v) is 3.64. The van der Waals surface area contributed by atoms with Crippen molar-refractivity contribution in [2.75, 3.05) is 6.54 Å². The van der Waals surface area contributed by atoms with Crippen molar-refractivity contribution in [1.82, 2.24) is 10.6 Å². The molecular formula is C11H18N2O3. The highest BCUT2D eigenvalue weighted by Crippen LogP contribution is 2.33. The maximum absolute atomic E-state index is 11.8. The number of hydrogen-bond acceptors (Lipinski definition) is 3. The molecule has 3 N–H and O–H groups in total. The number of rotatable bonds is 4. The van der Waals surface area contributed by atoms with Crippen molar-refractivity contribution >= 4 is 11.9 Å². The number of hydrogen-bond donors (Lipinski definition) is 3. The molecule has 1 amide bonds. The van der Waals surface area contributed by atoms with Crippen LogP contribution in [0.15, 0.2) is 0 Å². The first kappa shape index (κ1) is 11.4. The largest absolute Gasteiger partial charge is 0.481 e. The Morgan fingerprint density at radius 1 is 1.50 bits per heavy atom. The molecule has 5 nitrogen and oxygen atoms in total. The van der Waals surface area contributed by atoms with Crippen molar-refractivity contribution in [2.24, 2.45) is 11.8 Å². The van der Waals surface area contributed by atoms with Gasteiger partial charge in [0, 0.05) is 18.6 Å². The minimum absolute atomic E-state index is 0.00722. The lowest BCUT2D eigenvalue weighted by Gasteiger charge is -2.19. The molecule has 0 radical (unpaired) electrons. The Kier molecular flexibility index (Phi) is 3.14. The van der Waals surface area contributed by atoms with E-state index in [1.807, 2.05) is 0 Å². The van der Waals surface area contributed by atoms with Crippen LogP contribution < -0.4 is 10.6 Å². The molecule has 2 saturated heterocycles. The van der Waals surface area contributed by atoms with Crippen LogP contribution in [0.2, 0.25) is 0 Å². The van der Waals surface area contributed by atoms with Gasteiger partial charge in [-0.25, -0.2) is 0 Å². The number of aliphatic carboxylic acids is 1. The highest BCUT2D eigenvalue weighted by atomic mass is 16.4. The molecule has 2 aliphatic rings. The molecule has 0 aromatic rings. The average molecular weight is 226 g/mol. The quantitative estimate of drug-likeness (QED) is 0.628. The lowest BCUT2D eigenvalue weighted by molar-refractivity contribution is -0.141. The van der Waals surface area contributed by atoms with Gasteiger partial charge in [-0.2, -0.15) is 0 Å². The van der Waals surface area contributed by atoms with Crippen LogP contribution in [0.25, 0.3) is 0 Å². The van der Waals surface area contributed by atoms with Crippen LogP contribution in [0.3, 0.4) is 0 Å². The molecule has 2 aliphatic heterocycles. The summed E-state index contributed by atoms with van der Waals surface area (Å²) in [6, 6.07) is 0.808. The van der Waals surface area contributed by atoms with Gasteiger partial charge in [-0.1, -0.05) is 6.92 Å². The molecule has 0 aromatic heterocycles. The van der Waals surface area contributed by atoms with Crippen molar-refractivity contribution in [3.63, 3.8) is 0 Å². The first-order chi connectivity index (χ1) is 7.58. The lowest BCUT2D eigenvalue weighted by atomic mass is 9.88. The topological polar surface area (TPSA) is 78.4 Å². The number of carbonyl (C=O) groups excluding carboxylic acids is 1. The molecule has 0 saturated carbocycles. The molecule has 4 unspecified atom stereocenters. The molecule has 2 fully saturated rings. The van der Waals surface area contributed by atoms with Crippen LogP contribution in [0.5, 0.6) is 0 Å². The molecule has 2 rings (SSSR count). The second-order valence-corrected chi connectivity index (χ2v) is 4.87. The van der Waals surface area contributed by atoms with E-state index in [0.717, 1.165) is 12.8 Å². The summed E-state index contributed by atoms with van der Waals surface area (Å²) in [6.45, 7) is 1.82. The molecule has 2 heterocycles. The van der Waals surface area contributed by atoms with Crippen LogP contribution in [0, 0.1) is 11.8 Å². The van der Waals surface area contributed by atoms with Crippen LogP contribution in [0.4, 0.5) is 0 Å². The Morgan fingerprint density at radius 2 is 2.25 bits per heavy atom. The zero-order valence-corrected chi connectivity index (χ0v) is 9.40. The summed E-state index contributed by atoms with van der Waals surface area (Å²) in [5.74, 6) is -1.34. The summed E-state index contributed by atoms with van der Waals surface area (Å²) < 4.78 is 0. The fourth-order valence-electron chi connectivity index (χ4n) is 2.59. The first-order valence-corrected chi connectivity index (χ1v) is 5.84. The molecule has 0 aromatic carbocycles. The van der Waals surface area contributed by atoms with Crippen molar-refractivity contribution in [3.05, 3.63) is 0 Å². The SMILES string of the molecule is CC(CNC(=O)C1CC2CCC1N2)C(=O)O. The second-order valence-electron chi connectivity index (χ2n) is 4.87. The van der Waals surface area contributed by atoms with E-state index in [1.165, 1.54) is 6.42 Å². The van der Waals surface area contributed by atoms with Crippen LogP contribution in [0.1, 0.15) is 26.2 Å². The lowest BCUT2D eigenvalue weighted by Crippen LogP contribution is -2.40. The number of carboxylic acids is 1. The molecule has 90 valence electrons. The summed E-state index contributed by atoms with van der Waals surface area (Å²) in [5.41, 5.74) is 0. The summed E-state index contributed by atoms with van der Waals surface area (Å²) in [5, 5.41) is 14.8. The van der Waals surface area contributed by atoms with Crippen LogP contribution in [-0.2, 0) is 9.59 Å². The number of fused-ring (bicyclic) bond motifs is 2. The fourth-order valence-corrected chi connectivity index (χ4v) is 2.59. The summed E-state index contributed by atoms with van der Waals surface area (Å²) >= 11 is 0. The highest BCUT2D eigenvalue weighted by Gasteiger charge is 2.42. The van der Waals surface area contributed by atoms with E-state index in [9.17, 15) is 9.59 Å². The van der Waals surface area contributed by atoms with Crippen molar-refractivity contribution < 1.29 is 14.7 Å². The fraction of sp³-hybridized carbons (Fsp3) is 0.818. The molecule has 5 heteroatoms. The van der Waals surface area contributed by atoms with E-state index < -0.39 is 11.9 Å². The van der Waals surface area contributed by atoms with Gasteiger partial charge in [0.25, 0.3) is 0 Å². The number of carbonyl (C=O) groups is 2. The standard InChI is InChI=1S/C11H18N2O3/c1-6(11(15)16)5-12-10(14)8-4-7-2-3-9(8)13-7/h6-9,13H,2-5H2,1H3,(H,12,14)(H,15,16). The van der Waals surface area contributed by atoms with Crippen molar-refractivity contribution in [2.45, 2.75) is 38.3 Å². The highest BCUT2D eigenvalue weighted by molar-refractivity contribution is 5.80. The van der Waals surface area contributed by atoms with E-state index in [1.54, 1.807) is 6.92 Å². The zero-order chi connectivity index (χ0) is 11.7. The van der Waals surface area contributed by atoms with Gasteiger partial charge in [0.15, 0.2) is 0 Å². The Labute approximate surface area is 94.6 Å². The van der Waals surface area contributed by atoms with Gasteiger partial charge in [0.05, 0.1) is 11.8 Å². The maximum Gasteiger partial charge on any atom is 0.308 e. The van der Waals surface area contributed by atoms with E-state index in [-0.39, 0.29) is 18.4 Å². The molecular weight excluding hydrogens is 208 g/mol. The third-order valence-electron chi connectivity index (χ3n) is 3.64. The van der Waals surface area contributed by atoms with Gasteiger partial charge in [0.2, 0.25) is 5.91 Å². The van der Waals surface area contributed by atoms with Gasteiger partial charge in [0.1, 0.15) is 0 Å². The van der Waals surface area contributed by atoms with Gasteiger partial charge >= 0.3 is 5.97 Å². The minimum atomic E-state index is -0.869. The molecule has 0 aliphatic carbocycles. The number of carboxylic acid groups (broad SMARTS) is 1. The molecule has 4 atom stereocenters. The van der Waals surface area contributed by atoms with Crippen molar-refractivity contribution in [3.8, 4) is 0 Å². The smallest absolute Gasteiger partial charge is 0.308 e. The van der Waals surface area contributed by atoms with Gasteiger partial charge in [-0.3, -0.25) is 9.59 Å². The zero-order valence-electron chi connectivity index (χ0n) is 9.40. The third kappa shape index (κ3) is 2.19. The number of nitrogens with one attached hydrogen (secondary N) is 2. The summed E-state index contributed by atoms with van der Waals surface area (Å²) in [4.78, 5) is 22.4. The van der Waals surface area contributed by atoms with E-state index >= 15 is 0 Å². The number of amides is 1. The van der Waals surface area contributed by atoms with Gasteiger partial charge in [-0.15, -0.1) is 0 Å². The van der Waals surface area contributed by atoms with E-state index in [0.29, 0.717) is 12.1 Å². The second kappa shape index (κ2) is 4.41. The maximum atomic E-state index is 11.8. The molecule has 0 spiro atoms. The van der Waals surface area contributed by atoms with Gasteiger partial charge < -0.3 is 15.7 Å². The van der Waals surface area contributed by atoms with E-state index in [4.69, 9.17) is 5.11 Å². The molecule has 2 bridgehead atoms. The normalized spacial score (nSPS) is 33.7. The van der Waals surface area contributed by atoms with Crippen LogP contribution in [-0.4, -0.2) is 35.6 Å². The Hall–Kier alpha value is -1.10. The van der Waals surface area contributed by atoms with E-state index in [2.05, 4.69) is 10.6 Å². The molecule has 16 heavy (non-hydrogen) atoms. The predicted molar refractivity (Wildman–Crippen MR) is 57.9 cm³/mol. The average Bonchev–Trinajstić information content (AvgIpc) is 2.86. The van der Waals surface area contributed by atoms with Gasteiger partial charge in [-0.05, 0) is 19.3 Å². The predicted octanol–water partition coefficient (Wildman–Crippen LogP) is -0.0362. The minimum Gasteiger partial charge on any atom is -0.481 e. The Bertz CT molecular complexity index is 306. The monoisotopic (exact) mass is 226 g/mol. The van der Waals surface area contributed by atoms with Crippen molar-refractivity contribution in [1.29, 1.82) is 0 Å². The first-order valence-electron chi connectivity index (χ1n) is 5.84. The Balaban J connectivity index is 1.78.